The van der Waals surface area contributed by atoms with E-state index >= 15 is 0 Å². The fraction of sp³-hybridized carbons (Fsp3) is 0.526. The van der Waals surface area contributed by atoms with Crippen LogP contribution in [0.3, 0.4) is 0 Å². The van der Waals surface area contributed by atoms with Gasteiger partial charge in [-0.25, -0.2) is 22.8 Å². The van der Waals surface area contributed by atoms with E-state index in [0.717, 1.165) is 23.4 Å². The van der Waals surface area contributed by atoms with Gasteiger partial charge in [-0.3, -0.25) is 4.31 Å². The van der Waals surface area contributed by atoms with E-state index in [4.69, 9.17) is 14.6 Å². The molecule has 0 aliphatic heterocycles. The van der Waals surface area contributed by atoms with Crippen LogP contribution in [0.4, 0.5) is 10.5 Å². The van der Waals surface area contributed by atoms with Crippen molar-refractivity contribution in [3.63, 3.8) is 0 Å². The van der Waals surface area contributed by atoms with Crippen molar-refractivity contribution in [1.29, 1.82) is 0 Å². The van der Waals surface area contributed by atoms with Crippen LogP contribution in [-0.4, -0.2) is 56.6 Å². The normalized spacial score (nSPS) is 14.0. The third kappa shape index (κ3) is 7.21. The summed E-state index contributed by atoms with van der Waals surface area (Å²) < 4.78 is 40.5. The third-order valence-electron chi connectivity index (χ3n) is 3.90. The Labute approximate surface area is 174 Å². The number of hydrogen-bond donors (Lipinski definition) is 1. The fourth-order valence-electron chi connectivity index (χ4n) is 2.45. The third-order valence-corrected chi connectivity index (χ3v) is 5.06. The minimum absolute atomic E-state index is 0.170. The number of carbonyl (C=O) groups excluding carboxylic acids is 2. The van der Waals surface area contributed by atoms with Crippen molar-refractivity contribution in [3.8, 4) is 5.75 Å². The predicted molar refractivity (Wildman–Crippen MR) is 106 cm³/mol. The summed E-state index contributed by atoms with van der Waals surface area (Å²) in [6, 6.07) is 3.81. The zero-order chi connectivity index (χ0) is 22.7. The van der Waals surface area contributed by atoms with E-state index in [2.05, 4.69) is 4.74 Å². The Morgan fingerprint density at radius 3 is 2.33 bits per heavy atom. The lowest BCUT2D eigenvalue weighted by atomic mass is 10.1. The molecule has 1 aromatic rings. The van der Waals surface area contributed by atoms with E-state index in [0.29, 0.717) is 0 Å². The summed E-state index contributed by atoms with van der Waals surface area (Å²) in [5.41, 5.74) is -0.981. The largest absolute Gasteiger partial charge is 0.514 e. The first kappa shape index (κ1) is 23.5. The lowest BCUT2D eigenvalue weighted by Gasteiger charge is -2.23. The molecule has 0 atom stereocenters. The van der Waals surface area contributed by atoms with Crippen molar-refractivity contribution in [2.24, 2.45) is 5.92 Å². The number of hydrogen-bond acceptors (Lipinski definition) is 8. The zero-order valence-corrected chi connectivity index (χ0v) is 18.0. The standard InChI is InChI=1S/C19H25NO9S/c1-19(2,3)29-18(24)28-15-8-7-13(9-14(15)17(23)27-11-16(21)22)20(30(4,25)26)10-12-5-6-12/h7-9,12H,5-6,10-11H2,1-4H3,(H,21,22). The molecule has 1 aliphatic carbocycles. The monoisotopic (exact) mass is 443 g/mol. The van der Waals surface area contributed by atoms with Gasteiger partial charge in [0.25, 0.3) is 0 Å². The fourth-order valence-corrected chi connectivity index (χ4v) is 3.43. The van der Waals surface area contributed by atoms with Crippen molar-refractivity contribution < 1.29 is 42.1 Å². The lowest BCUT2D eigenvalue weighted by molar-refractivity contribution is -0.140. The van der Waals surface area contributed by atoms with Crippen LogP contribution in [0.15, 0.2) is 18.2 Å². The van der Waals surface area contributed by atoms with Gasteiger partial charge in [0.1, 0.15) is 16.9 Å². The van der Waals surface area contributed by atoms with E-state index in [1.54, 1.807) is 20.8 Å². The molecule has 0 heterocycles. The van der Waals surface area contributed by atoms with Crippen LogP contribution in [0.25, 0.3) is 0 Å². The van der Waals surface area contributed by atoms with Gasteiger partial charge in [0.05, 0.1) is 11.9 Å². The molecule has 1 aliphatic rings. The number of aliphatic carboxylic acids is 1. The van der Waals surface area contributed by atoms with Crippen LogP contribution < -0.4 is 9.04 Å². The van der Waals surface area contributed by atoms with Crippen molar-refractivity contribution >= 4 is 33.8 Å². The Balaban J connectivity index is 2.39. The van der Waals surface area contributed by atoms with E-state index in [1.807, 2.05) is 0 Å². The Morgan fingerprint density at radius 2 is 1.83 bits per heavy atom. The van der Waals surface area contributed by atoms with Crippen molar-refractivity contribution in [2.75, 3.05) is 23.7 Å². The molecule has 166 valence electrons. The van der Waals surface area contributed by atoms with E-state index in [-0.39, 0.29) is 29.5 Å². The van der Waals surface area contributed by atoms with E-state index in [1.165, 1.54) is 18.2 Å². The highest BCUT2D eigenvalue weighted by Gasteiger charge is 2.30. The summed E-state index contributed by atoms with van der Waals surface area (Å²) in [6.45, 7) is 4.21. The molecule has 30 heavy (non-hydrogen) atoms. The van der Waals surface area contributed by atoms with Gasteiger partial charge in [0, 0.05) is 6.54 Å². The molecule has 0 saturated heterocycles. The number of carbonyl (C=O) groups is 3. The summed E-state index contributed by atoms with van der Waals surface area (Å²) >= 11 is 0. The van der Waals surface area contributed by atoms with Crippen LogP contribution in [0.5, 0.6) is 5.75 Å². The molecule has 0 radical (unpaired) electrons. The first-order valence-corrected chi connectivity index (χ1v) is 11.0. The molecule has 0 bridgehead atoms. The molecule has 11 heteroatoms. The number of esters is 1. The van der Waals surface area contributed by atoms with Crippen LogP contribution >= 0.6 is 0 Å². The minimum Gasteiger partial charge on any atom is -0.479 e. The average Bonchev–Trinajstić information content (AvgIpc) is 3.39. The highest BCUT2D eigenvalue weighted by molar-refractivity contribution is 7.92. The summed E-state index contributed by atoms with van der Waals surface area (Å²) in [5.74, 6) is -2.48. The molecule has 0 amide bonds. The van der Waals surface area contributed by atoms with Crippen molar-refractivity contribution in [2.45, 2.75) is 39.2 Å². The molecule has 1 saturated carbocycles. The second kappa shape index (κ2) is 8.90. The molecule has 1 N–H and O–H groups in total. The predicted octanol–water partition coefficient (Wildman–Crippen LogP) is 2.42. The average molecular weight is 443 g/mol. The lowest BCUT2D eigenvalue weighted by Crippen LogP contribution is -2.32. The first-order chi connectivity index (χ1) is 13.8. The Hall–Kier alpha value is -2.82. The smallest absolute Gasteiger partial charge is 0.479 e. The van der Waals surface area contributed by atoms with Gasteiger partial charge in [-0.1, -0.05) is 0 Å². The van der Waals surface area contributed by atoms with Crippen molar-refractivity contribution in [3.05, 3.63) is 23.8 Å². The molecule has 1 aromatic carbocycles. The number of anilines is 1. The Bertz CT molecular complexity index is 930. The van der Waals surface area contributed by atoms with Gasteiger partial charge in [-0.2, -0.15) is 0 Å². The molecule has 1 fully saturated rings. The molecule has 2 rings (SSSR count). The van der Waals surface area contributed by atoms with E-state index in [9.17, 15) is 22.8 Å². The molecule has 0 spiro atoms. The van der Waals surface area contributed by atoms with Crippen LogP contribution in [0, 0.1) is 5.92 Å². The van der Waals surface area contributed by atoms with Crippen LogP contribution in [0.1, 0.15) is 44.0 Å². The topological polar surface area (TPSA) is 137 Å². The SMILES string of the molecule is CC(C)(C)OC(=O)Oc1ccc(N(CC2CC2)S(C)(=O)=O)cc1C(=O)OCC(=O)O. The highest BCUT2D eigenvalue weighted by atomic mass is 32.2. The maximum Gasteiger partial charge on any atom is 0.514 e. The summed E-state index contributed by atoms with van der Waals surface area (Å²) in [6.07, 6.45) is 1.77. The zero-order valence-electron chi connectivity index (χ0n) is 17.2. The maximum absolute atomic E-state index is 12.4. The van der Waals surface area contributed by atoms with Crippen molar-refractivity contribution in [1.82, 2.24) is 0 Å². The quantitative estimate of drug-likeness (QED) is 0.474. The van der Waals surface area contributed by atoms with Gasteiger partial charge in [-0.15, -0.1) is 0 Å². The van der Waals surface area contributed by atoms with Gasteiger partial charge >= 0.3 is 18.1 Å². The second-order valence-corrected chi connectivity index (χ2v) is 9.86. The molecular weight excluding hydrogens is 418 g/mol. The number of benzene rings is 1. The maximum atomic E-state index is 12.4. The summed E-state index contributed by atoms with van der Waals surface area (Å²) in [4.78, 5) is 35.1. The minimum atomic E-state index is -3.65. The van der Waals surface area contributed by atoms with Gasteiger partial charge in [-0.05, 0) is 57.7 Å². The Kier molecular flexibility index (Phi) is 6.96. The van der Waals surface area contributed by atoms with Crippen LogP contribution in [0.2, 0.25) is 0 Å². The highest BCUT2D eigenvalue weighted by Crippen LogP contribution is 2.34. The molecule has 0 unspecified atom stereocenters. The second-order valence-electron chi connectivity index (χ2n) is 7.95. The van der Waals surface area contributed by atoms with E-state index < -0.39 is 40.3 Å². The number of ether oxygens (including phenoxy) is 3. The number of nitrogens with zero attached hydrogens (tertiary/aromatic N) is 1. The van der Waals surface area contributed by atoms with Crippen LogP contribution in [-0.2, 0) is 24.3 Å². The summed E-state index contributed by atoms with van der Waals surface area (Å²) in [5, 5.41) is 8.74. The number of carboxylic acids is 1. The number of sulfonamides is 1. The number of rotatable bonds is 8. The van der Waals surface area contributed by atoms with Gasteiger partial charge < -0.3 is 19.3 Å². The van der Waals surface area contributed by atoms with Gasteiger partial charge in [0.2, 0.25) is 10.0 Å². The Morgan fingerprint density at radius 1 is 1.20 bits per heavy atom. The molecular formula is C19H25NO9S. The molecule has 0 aromatic heterocycles. The summed E-state index contributed by atoms with van der Waals surface area (Å²) in [7, 11) is -3.65. The first-order valence-electron chi connectivity index (χ1n) is 9.18. The number of carboxylic acid groups (broad SMARTS) is 1. The molecule has 10 nitrogen and oxygen atoms in total. The van der Waals surface area contributed by atoms with Gasteiger partial charge in [0.15, 0.2) is 6.61 Å².